The summed E-state index contributed by atoms with van der Waals surface area (Å²) in [6.07, 6.45) is 2.00. The molecule has 29 heavy (non-hydrogen) atoms. The summed E-state index contributed by atoms with van der Waals surface area (Å²) in [5.41, 5.74) is 4.07. The molecule has 1 saturated carbocycles. The minimum absolute atomic E-state index is 0.0451. The van der Waals surface area contributed by atoms with Crippen LogP contribution in [-0.2, 0) is 4.43 Å². The third-order valence-electron chi connectivity index (χ3n) is 8.00. The van der Waals surface area contributed by atoms with E-state index in [2.05, 4.69) is 95.6 Å². The summed E-state index contributed by atoms with van der Waals surface area (Å²) in [6, 6.07) is 13.6. The van der Waals surface area contributed by atoms with Crippen LogP contribution in [0.5, 0.6) is 0 Å². The van der Waals surface area contributed by atoms with Gasteiger partial charge in [-0.25, -0.2) is 0 Å². The summed E-state index contributed by atoms with van der Waals surface area (Å²) < 4.78 is 9.57. The van der Waals surface area contributed by atoms with Crippen LogP contribution < -0.4 is 0 Å². The Morgan fingerprint density at radius 2 is 1.86 bits per heavy atom. The molecule has 0 unspecified atom stereocenters. The molecule has 0 spiro atoms. The lowest BCUT2D eigenvalue weighted by Gasteiger charge is -2.55. The van der Waals surface area contributed by atoms with Crippen LogP contribution in [0, 0.1) is 16.7 Å². The zero-order valence-electron chi connectivity index (χ0n) is 19.2. The Labute approximate surface area is 176 Å². The van der Waals surface area contributed by atoms with Crippen LogP contribution in [0.4, 0.5) is 0 Å². The Morgan fingerprint density at radius 3 is 2.48 bits per heavy atom. The summed E-state index contributed by atoms with van der Waals surface area (Å²) in [4.78, 5) is 0. The molecule has 1 aliphatic carbocycles. The fourth-order valence-corrected chi connectivity index (χ4v) is 6.55. The van der Waals surface area contributed by atoms with E-state index in [-0.39, 0.29) is 16.5 Å². The van der Waals surface area contributed by atoms with Crippen molar-refractivity contribution in [2.45, 2.75) is 84.2 Å². The van der Waals surface area contributed by atoms with E-state index in [4.69, 9.17) is 4.43 Å². The molecule has 0 amide bonds. The van der Waals surface area contributed by atoms with Crippen molar-refractivity contribution in [2.75, 3.05) is 0 Å². The van der Waals surface area contributed by atoms with E-state index in [1.807, 2.05) is 0 Å². The SMILES string of the molecule is CC1=C2CCC(C)(C)[C@@](C#N)(O[Si](C)(C)C(C)(C)C)[C@@H]2n2c1cc1ccccc12. The Hall–Kier alpha value is -1.83. The molecule has 0 saturated heterocycles. The molecule has 1 aromatic heterocycles. The maximum atomic E-state index is 10.8. The van der Waals surface area contributed by atoms with Gasteiger partial charge in [0.1, 0.15) is 0 Å². The minimum Gasteiger partial charge on any atom is -0.397 e. The van der Waals surface area contributed by atoms with E-state index < -0.39 is 13.9 Å². The molecule has 4 heteroatoms. The van der Waals surface area contributed by atoms with Crippen molar-refractivity contribution in [3.8, 4) is 6.07 Å². The van der Waals surface area contributed by atoms with Crippen molar-refractivity contribution >= 4 is 24.8 Å². The van der Waals surface area contributed by atoms with Crippen molar-refractivity contribution in [1.82, 2.24) is 4.57 Å². The van der Waals surface area contributed by atoms with Gasteiger partial charge in [-0.15, -0.1) is 0 Å². The van der Waals surface area contributed by atoms with E-state index in [1.165, 1.54) is 27.7 Å². The highest BCUT2D eigenvalue weighted by molar-refractivity contribution is 6.74. The molecule has 1 fully saturated rings. The van der Waals surface area contributed by atoms with Crippen molar-refractivity contribution < 1.29 is 4.43 Å². The van der Waals surface area contributed by atoms with Gasteiger partial charge in [0, 0.05) is 22.0 Å². The number of allylic oxidation sites excluding steroid dienone is 1. The number of fused-ring (bicyclic) bond motifs is 5. The molecular weight excluding hydrogens is 372 g/mol. The number of para-hydroxylation sites is 1. The normalized spacial score (nSPS) is 26.4. The predicted octanol–water partition coefficient (Wildman–Crippen LogP) is 7.07. The van der Waals surface area contributed by atoms with Gasteiger partial charge in [0.2, 0.25) is 0 Å². The van der Waals surface area contributed by atoms with Gasteiger partial charge in [0.15, 0.2) is 13.9 Å². The fourth-order valence-electron chi connectivity index (χ4n) is 5.01. The number of aromatic nitrogens is 1. The second kappa shape index (κ2) is 6.09. The molecule has 2 atom stereocenters. The summed E-state index contributed by atoms with van der Waals surface area (Å²) in [6.45, 7) is 18.0. The smallest absolute Gasteiger partial charge is 0.194 e. The van der Waals surface area contributed by atoms with E-state index in [1.54, 1.807) is 0 Å². The van der Waals surface area contributed by atoms with Crippen LogP contribution in [0.15, 0.2) is 35.9 Å². The summed E-state index contributed by atoms with van der Waals surface area (Å²) >= 11 is 0. The second-order valence-corrected chi connectivity index (χ2v) is 15.8. The van der Waals surface area contributed by atoms with Crippen LogP contribution in [0.2, 0.25) is 18.1 Å². The predicted molar refractivity (Wildman–Crippen MR) is 123 cm³/mol. The molecule has 0 radical (unpaired) electrons. The Kier molecular flexibility index (Phi) is 4.29. The second-order valence-electron chi connectivity index (χ2n) is 11.1. The standard InChI is InChI=1S/C25H34N2OSi/c1-17-19-13-14-24(5,6)25(16-26,28-29(7,8)23(2,3)4)22(19)27-20-12-10-9-11-18(20)15-21(17)27/h9-12,15,22H,13-14H2,1-8H3/t22-,25+/m1/s1. The molecule has 2 aliphatic rings. The molecule has 154 valence electrons. The maximum Gasteiger partial charge on any atom is 0.194 e. The van der Waals surface area contributed by atoms with Gasteiger partial charge in [-0.2, -0.15) is 5.26 Å². The lowest BCUT2D eigenvalue weighted by atomic mass is 9.62. The van der Waals surface area contributed by atoms with Gasteiger partial charge in [0.05, 0.1) is 12.1 Å². The third-order valence-corrected chi connectivity index (χ3v) is 12.4. The molecule has 1 aromatic carbocycles. The first-order valence-corrected chi connectivity index (χ1v) is 13.7. The third kappa shape index (κ3) is 2.63. The first kappa shape index (κ1) is 20.4. The highest BCUT2D eigenvalue weighted by Crippen LogP contribution is 2.60. The average molecular weight is 407 g/mol. The van der Waals surface area contributed by atoms with Gasteiger partial charge >= 0.3 is 0 Å². The molecule has 3 nitrogen and oxygen atoms in total. The largest absolute Gasteiger partial charge is 0.397 e. The highest BCUT2D eigenvalue weighted by Gasteiger charge is 2.62. The van der Waals surface area contributed by atoms with E-state index in [0.29, 0.717) is 0 Å². The Balaban J connectivity index is 2.00. The minimum atomic E-state index is -2.18. The highest BCUT2D eigenvalue weighted by atomic mass is 28.4. The molecule has 0 N–H and O–H groups in total. The number of nitriles is 1. The summed E-state index contributed by atoms with van der Waals surface area (Å²) in [7, 11) is -2.18. The molecule has 4 rings (SSSR count). The van der Waals surface area contributed by atoms with Crippen molar-refractivity contribution in [1.29, 1.82) is 5.26 Å². The molecule has 2 heterocycles. The fraction of sp³-hybridized carbons (Fsp3) is 0.560. The number of benzene rings is 1. The van der Waals surface area contributed by atoms with Crippen molar-refractivity contribution in [3.63, 3.8) is 0 Å². The van der Waals surface area contributed by atoms with Gasteiger partial charge in [-0.3, -0.25) is 0 Å². The lowest BCUT2D eigenvalue weighted by Crippen LogP contribution is -2.61. The van der Waals surface area contributed by atoms with Crippen LogP contribution in [-0.4, -0.2) is 18.5 Å². The van der Waals surface area contributed by atoms with Crippen LogP contribution >= 0.6 is 0 Å². The quantitative estimate of drug-likeness (QED) is 0.500. The van der Waals surface area contributed by atoms with Gasteiger partial charge in [-0.1, -0.05) is 52.8 Å². The van der Waals surface area contributed by atoms with E-state index in [0.717, 1.165) is 12.8 Å². The number of hydrogen-bond donors (Lipinski definition) is 0. The summed E-state index contributed by atoms with van der Waals surface area (Å²) in [5.74, 6) is 0. The first-order chi connectivity index (χ1) is 13.4. The van der Waals surface area contributed by atoms with Gasteiger partial charge < -0.3 is 8.99 Å². The van der Waals surface area contributed by atoms with Crippen molar-refractivity contribution in [2.24, 2.45) is 5.41 Å². The van der Waals surface area contributed by atoms with E-state index >= 15 is 0 Å². The zero-order chi connectivity index (χ0) is 21.4. The number of nitrogens with zero attached hydrogens (tertiary/aromatic N) is 2. The molecule has 2 aromatic rings. The maximum absolute atomic E-state index is 10.8. The topological polar surface area (TPSA) is 37.9 Å². The van der Waals surface area contributed by atoms with Crippen LogP contribution in [0.1, 0.15) is 66.1 Å². The zero-order valence-corrected chi connectivity index (χ0v) is 20.2. The van der Waals surface area contributed by atoms with Gasteiger partial charge in [-0.05, 0) is 61.2 Å². The average Bonchev–Trinajstić information content (AvgIpc) is 3.12. The van der Waals surface area contributed by atoms with E-state index in [9.17, 15) is 5.26 Å². The first-order valence-electron chi connectivity index (χ1n) is 10.8. The van der Waals surface area contributed by atoms with Crippen LogP contribution in [0.25, 0.3) is 16.5 Å². The Morgan fingerprint density at radius 1 is 1.21 bits per heavy atom. The lowest BCUT2D eigenvalue weighted by molar-refractivity contribution is -0.0537. The Bertz CT molecular complexity index is 1060. The summed E-state index contributed by atoms with van der Waals surface area (Å²) in [5, 5.41) is 12.1. The molecular formula is C25H34N2OSi. The van der Waals surface area contributed by atoms with Crippen LogP contribution in [0.3, 0.4) is 0 Å². The molecule has 1 aliphatic heterocycles. The monoisotopic (exact) mass is 406 g/mol. The number of hydrogen-bond acceptors (Lipinski definition) is 2. The van der Waals surface area contributed by atoms with Gasteiger partial charge in [0.25, 0.3) is 0 Å². The van der Waals surface area contributed by atoms with Crippen molar-refractivity contribution in [3.05, 3.63) is 41.6 Å². The molecule has 0 bridgehead atoms. The number of rotatable bonds is 2.